The third-order valence-electron chi connectivity index (χ3n) is 2.92. The molecule has 100 valence electrons. The Kier molecular flexibility index (Phi) is 6.29. The van der Waals surface area contributed by atoms with Crippen molar-refractivity contribution in [1.82, 2.24) is 5.32 Å². The Morgan fingerprint density at radius 1 is 1.33 bits per heavy atom. The summed E-state index contributed by atoms with van der Waals surface area (Å²) in [5.41, 5.74) is 2.54. The Bertz CT molecular complexity index is 346. The van der Waals surface area contributed by atoms with Crippen molar-refractivity contribution >= 4 is 5.69 Å². The first kappa shape index (κ1) is 14.6. The molecule has 1 aromatic carbocycles. The van der Waals surface area contributed by atoms with Gasteiger partial charge in [-0.1, -0.05) is 18.7 Å². The second-order valence-electron chi connectivity index (χ2n) is 4.55. The maximum absolute atomic E-state index is 5.08. The van der Waals surface area contributed by atoms with Crippen molar-refractivity contribution in [3.63, 3.8) is 0 Å². The zero-order chi connectivity index (χ0) is 13.4. The highest BCUT2D eigenvalue weighted by Gasteiger charge is 2.04. The maximum Gasteiger partial charge on any atom is 0.0885 e. The van der Waals surface area contributed by atoms with Gasteiger partial charge < -0.3 is 15.0 Å². The monoisotopic (exact) mass is 248 g/mol. The molecule has 0 aliphatic heterocycles. The predicted molar refractivity (Wildman–Crippen MR) is 78.0 cm³/mol. The van der Waals surface area contributed by atoms with Gasteiger partial charge in [0.1, 0.15) is 0 Å². The Morgan fingerprint density at radius 2 is 2.00 bits per heavy atom. The highest BCUT2D eigenvalue weighted by molar-refractivity contribution is 5.46. The van der Waals surface area contributed by atoms with E-state index in [1.807, 2.05) is 0 Å². The van der Waals surface area contributed by atoms with Crippen molar-refractivity contribution in [1.29, 1.82) is 0 Å². The lowest BCUT2D eigenvalue weighted by Gasteiger charge is -2.17. The summed E-state index contributed by atoms with van der Waals surface area (Å²) in [4.78, 5) is 2.11. The number of ether oxygens (including phenoxy) is 1. The Labute approximate surface area is 110 Å². The van der Waals surface area contributed by atoms with Crippen molar-refractivity contribution in [2.75, 3.05) is 32.1 Å². The molecule has 18 heavy (non-hydrogen) atoms. The summed E-state index contributed by atoms with van der Waals surface area (Å²) in [7, 11) is 4.10. The van der Waals surface area contributed by atoms with Crippen LogP contribution in [0.2, 0.25) is 0 Å². The molecule has 0 bridgehead atoms. The second kappa shape index (κ2) is 7.77. The lowest BCUT2D eigenvalue weighted by atomic mass is 10.1. The summed E-state index contributed by atoms with van der Waals surface area (Å²) in [5.74, 6) is 0. The van der Waals surface area contributed by atoms with Gasteiger partial charge in [0, 0.05) is 25.8 Å². The molecule has 1 rings (SSSR count). The molecule has 0 fully saturated rings. The molecular weight excluding hydrogens is 224 g/mol. The van der Waals surface area contributed by atoms with E-state index in [1.54, 1.807) is 0 Å². The van der Waals surface area contributed by atoms with Gasteiger partial charge >= 0.3 is 0 Å². The molecule has 0 aliphatic carbocycles. The van der Waals surface area contributed by atoms with Crippen LogP contribution in [0.1, 0.15) is 24.9 Å². The van der Waals surface area contributed by atoms with E-state index in [0.29, 0.717) is 6.04 Å². The van der Waals surface area contributed by atoms with Crippen LogP contribution in [0.15, 0.2) is 37.1 Å². The SMILES string of the molecule is C=COCCCNC(C)c1ccc(N(C)C)cc1. The molecule has 1 N–H and O–H groups in total. The molecule has 1 aromatic rings. The van der Waals surface area contributed by atoms with E-state index in [9.17, 15) is 0 Å². The Balaban J connectivity index is 2.36. The van der Waals surface area contributed by atoms with Crippen LogP contribution in [-0.2, 0) is 4.74 Å². The average Bonchev–Trinajstić information content (AvgIpc) is 2.38. The van der Waals surface area contributed by atoms with E-state index in [1.165, 1.54) is 17.5 Å². The lowest BCUT2D eigenvalue weighted by molar-refractivity contribution is 0.243. The van der Waals surface area contributed by atoms with Gasteiger partial charge in [0.05, 0.1) is 12.9 Å². The van der Waals surface area contributed by atoms with Crippen molar-refractivity contribution in [3.8, 4) is 0 Å². The molecule has 1 atom stereocenters. The van der Waals surface area contributed by atoms with Crippen LogP contribution in [0.5, 0.6) is 0 Å². The van der Waals surface area contributed by atoms with E-state index in [0.717, 1.165) is 19.6 Å². The fraction of sp³-hybridized carbons (Fsp3) is 0.467. The highest BCUT2D eigenvalue weighted by atomic mass is 16.5. The van der Waals surface area contributed by atoms with Gasteiger partial charge in [-0.25, -0.2) is 0 Å². The second-order valence-corrected chi connectivity index (χ2v) is 4.55. The number of nitrogens with zero attached hydrogens (tertiary/aromatic N) is 1. The number of hydrogen-bond acceptors (Lipinski definition) is 3. The number of hydrogen-bond donors (Lipinski definition) is 1. The third-order valence-corrected chi connectivity index (χ3v) is 2.92. The van der Waals surface area contributed by atoms with Gasteiger partial charge in [0.15, 0.2) is 0 Å². The summed E-state index contributed by atoms with van der Waals surface area (Å²) in [6.45, 7) is 7.37. The molecule has 0 saturated heterocycles. The minimum Gasteiger partial charge on any atom is -0.502 e. The van der Waals surface area contributed by atoms with Crippen molar-refractivity contribution in [2.45, 2.75) is 19.4 Å². The molecular formula is C15H24N2O. The van der Waals surface area contributed by atoms with E-state index in [2.05, 4.69) is 62.1 Å². The zero-order valence-electron chi connectivity index (χ0n) is 11.6. The van der Waals surface area contributed by atoms with Crippen LogP contribution in [0.25, 0.3) is 0 Å². The number of rotatable bonds is 8. The van der Waals surface area contributed by atoms with Gasteiger partial charge in [0.2, 0.25) is 0 Å². The molecule has 3 nitrogen and oxygen atoms in total. The van der Waals surface area contributed by atoms with Crippen LogP contribution in [0.4, 0.5) is 5.69 Å². The van der Waals surface area contributed by atoms with E-state index in [-0.39, 0.29) is 0 Å². The summed E-state index contributed by atoms with van der Waals surface area (Å²) < 4.78 is 5.08. The van der Waals surface area contributed by atoms with Gasteiger partial charge in [-0.2, -0.15) is 0 Å². The Hall–Kier alpha value is -1.48. The molecule has 0 saturated carbocycles. The maximum atomic E-state index is 5.08. The Morgan fingerprint density at radius 3 is 2.56 bits per heavy atom. The molecule has 0 heterocycles. The quantitative estimate of drug-likeness (QED) is 0.565. The number of anilines is 1. The van der Waals surface area contributed by atoms with Crippen molar-refractivity contribution in [3.05, 3.63) is 42.7 Å². The molecule has 0 aliphatic rings. The van der Waals surface area contributed by atoms with Gasteiger partial charge in [-0.3, -0.25) is 0 Å². The molecule has 0 amide bonds. The fourth-order valence-electron chi connectivity index (χ4n) is 1.74. The molecule has 0 radical (unpaired) electrons. The van der Waals surface area contributed by atoms with Crippen LogP contribution in [-0.4, -0.2) is 27.2 Å². The summed E-state index contributed by atoms with van der Waals surface area (Å²) in [6.07, 6.45) is 2.48. The molecule has 1 unspecified atom stereocenters. The normalized spacial score (nSPS) is 11.9. The molecule has 0 aromatic heterocycles. The van der Waals surface area contributed by atoms with E-state index >= 15 is 0 Å². The standard InChI is InChI=1S/C15H24N2O/c1-5-18-12-6-11-16-13(2)14-7-9-15(10-8-14)17(3)4/h5,7-10,13,16H,1,6,11-12H2,2-4H3. The summed E-state index contributed by atoms with van der Waals surface area (Å²) >= 11 is 0. The van der Waals surface area contributed by atoms with Crippen LogP contribution in [0.3, 0.4) is 0 Å². The fourth-order valence-corrected chi connectivity index (χ4v) is 1.74. The largest absolute Gasteiger partial charge is 0.502 e. The smallest absolute Gasteiger partial charge is 0.0885 e. The molecule has 3 heteroatoms. The van der Waals surface area contributed by atoms with Gasteiger partial charge in [0.25, 0.3) is 0 Å². The zero-order valence-corrected chi connectivity index (χ0v) is 11.6. The minimum atomic E-state index is 0.366. The van der Waals surface area contributed by atoms with Crippen LogP contribution >= 0.6 is 0 Å². The lowest BCUT2D eigenvalue weighted by Crippen LogP contribution is -2.20. The minimum absolute atomic E-state index is 0.366. The summed E-state index contributed by atoms with van der Waals surface area (Å²) in [6, 6.07) is 9.01. The van der Waals surface area contributed by atoms with Crippen LogP contribution < -0.4 is 10.2 Å². The summed E-state index contributed by atoms with van der Waals surface area (Å²) in [5, 5.41) is 3.48. The van der Waals surface area contributed by atoms with E-state index in [4.69, 9.17) is 4.74 Å². The van der Waals surface area contributed by atoms with Gasteiger partial charge in [-0.15, -0.1) is 0 Å². The average molecular weight is 248 g/mol. The first-order chi connectivity index (χ1) is 8.65. The first-order valence-corrected chi connectivity index (χ1v) is 6.38. The topological polar surface area (TPSA) is 24.5 Å². The number of benzene rings is 1. The number of nitrogens with one attached hydrogen (secondary N) is 1. The van der Waals surface area contributed by atoms with E-state index < -0.39 is 0 Å². The highest BCUT2D eigenvalue weighted by Crippen LogP contribution is 2.17. The predicted octanol–water partition coefficient (Wildman–Crippen LogP) is 2.95. The van der Waals surface area contributed by atoms with Crippen LogP contribution in [0, 0.1) is 0 Å². The third kappa shape index (κ3) is 4.80. The van der Waals surface area contributed by atoms with Crippen molar-refractivity contribution < 1.29 is 4.74 Å². The first-order valence-electron chi connectivity index (χ1n) is 6.38. The molecule has 0 spiro atoms. The van der Waals surface area contributed by atoms with Crippen molar-refractivity contribution in [2.24, 2.45) is 0 Å². The van der Waals surface area contributed by atoms with Gasteiger partial charge in [-0.05, 0) is 37.6 Å².